The Balaban J connectivity index is 2.39. The molecule has 0 bridgehead atoms. The Labute approximate surface area is 179 Å². The first-order valence-electron chi connectivity index (χ1n) is 10.1. The van der Waals surface area contributed by atoms with Crippen molar-refractivity contribution in [1.82, 2.24) is 9.55 Å². The predicted octanol–water partition coefficient (Wildman–Crippen LogP) is 1.93. The number of hydrogen-bond donors (Lipinski definition) is 3. The number of H-pyrrole nitrogens is 1. The van der Waals surface area contributed by atoms with Gasteiger partial charge in [-0.05, 0) is 18.4 Å². The van der Waals surface area contributed by atoms with E-state index in [2.05, 4.69) is 10.3 Å². The SMILES string of the molecule is CCCCn1c(N)c(N(CC(=O)Nc2ccccc2[N+](=O)[O-])CC(C)C)c(=O)[nH]c1=O. The van der Waals surface area contributed by atoms with E-state index in [0.717, 1.165) is 6.42 Å². The molecule has 31 heavy (non-hydrogen) atoms. The largest absolute Gasteiger partial charge is 0.383 e. The summed E-state index contributed by atoms with van der Waals surface area (Å²) in [5.74, 6) is -0.505. The Morgan fingerprint density at radius 3 is 2.61 bits per heavy atom. The highest BCUT2D eigenvalue weighted by Crippen LogP contribution is 2.24. The van der Waals surface area contributed by atoms with Gasteiger partial charge in [-0.1, -0.05) is 39.3 Å². The monoisotopic (exact) mass is 432 g/mol. The van der Waals surface area contributed by atoms with Crippen molar-refractivity contribution in [3.8, 4) is 0 Å². The van der Waals surface area contributed by atoms with Gasteiger partial charge >= 0.3 is 5.69 Å². The van der Waals surface area contributed by atoms with E-state index in [1.165, 1.54) is 27.7 Å². The number of benzene rings is 1. The number of anilines is 3. The number of nitrogens with zero attached hydrogens (tertiary/aromatic N) is 3. The zero-order valence-corrected chi connectivity index (χ0v) is 17.9. The zero-order valence-electron chi connectivity index (χ0n) is 17.9. The van der Waals surface area contributed by atoms with Crippen molar-refractivity contribution < 1.29 is 9.72 Å². The molecule has 1 aromatic carbocycles. The molecule has 0 unspecified atom stereocenters. The molecule has 1 amide bonds. The standard InChI is InChI=1S/C20H28N6O5/c1-4-5-10-25-18(21)17(19(28)23-20(25)29)24(11-13(2)3)12-16(27)22-14-8-6-7-9-15(14)26(30)31/h6-9,13H,4-5,10-12,21H2,1-3H3,(H,22,27)(H,23,28,29). The van der Waals surface area contributed by atoms with Crippen LogP contribution in [0.2, 0.25) is 0 Å². The van der Waals surface area contributed by atoms with E-state index in [4.69, 9.17) is 5.73 Å². The van der Waals surface area contributed by atoms with Crippen molar-refractivity contribution >= 4 is 28.8 Å². The molecule has 11 heteroatoms. The van der Waals surface area contributed by atoms with Crippen LogP contribution in [-0.4, -0.2) is 33.5 Å². The quantitative estimate of drug-likeness (QED) is 0.382. The second kappa shape index (κ2) is 10.4. The third kappa shape index (κ3) is 5.93. The van der Waals surface area contributed by atoms with Gasteiger partial charge in [0.1, 0.15) is 17.2 Å². The van der Waals surface area contributed by atoms with Gasteiger partial charge in [0, 0.05) is 19.2 Å². The minimum atomic E-state index is -0.686. The van der Waals surface area contributed by atoms with Gasteiger partial charge in [-0.3, -0.25) is 29.3 Å². The topological polar surface area (TPSA) is 156 Å². The van der Waals surface area contributed by atoms with Crippen LogP contribution in [0.25, 0.3) is 0 Å². The summed E-state index contributed by atoms with van der Waals surface area (Å²) in [6.45, 7) is 6.15. The lowest BCUT2D eigenvalue weighted by Crippen LogP contribution is -2.43. The predicted molar refractivity (Wildman–Crippen MR) is 119 cm³/mol. The molecule has 0 aliphatic carbocycles. The van der Waals surface area contributed by atoms with E-state index in [1.54, 1.807) is 6.07 Å². The lowest BCUT2D eigenvalue weighted by atomic mass is 10.2. The number of amides is 1. The number of aromatic amines is 1. The Hall–Kier alpha value is -3.63. The molecule has 168 valence electrons. The smallest absolute Gasteiger partial charge is 0.330 e. The van der Waals surface area contributed by atoms with Gasteiger partial charge in [-0.25, -0.2) is 4.79 Å². The molecule has 0 saturated heterocycles. The number of nitrogens with two attached hydrogens (primary N) is 1. The number of nitro groups is 1. The Bertz CT molecular complexity index is 1060. The van der Waals surface area contributed by atoms with Crippen LogP contribution in [-0.2, 0) is 11.3 Å². The number of para-hydroxylation sites is 2. The van der Waals surface area contributed by atoms with Gasteiger partial charge < -0.3 is 16.0 Å². The van der Waals surface area contributed by atoms with Crippen LogP contribution in [0.4, 0.5) is 22.9 Å². The second-order valence-corrected chi connectivity index (χ2v) is 7.60. The van der Waals surface area contributed by atoms with Crippen LogP contribution in [0.3, 0.4) is 0 Å². The van der Waals surface area contributed by atoms with Crippen molar-refractivity contribution in [3.05, 3.63) is 55.2 Å². The summed E-state index contributed by atoms with van der Waals surface area (Å²) in [5, 5.41) is 13.7. The normalized spacial score (nSPS) is 10.8. The van der Waals surface area contributed by atoms with Crippen molar-refractivity contribution in [1.29, 1.82) is 0 Å². The lowest BCUT2D eigenvalue weighted by molar-refractivity contribution is -0.383. The fraction of sp³-hybridized carbons (Fsp3) is 0.450. The minimum Gasteiger partial charge on any atom is -0.383 e. The third-order valence-electron chi connectivity index (χ3n) is 4.56. The molecule has 1 heterocycles. The molecule has 0 aliphatic heterocycles. The van der Waals surface area contributed by atoms with Gasteiger partial charge in [-0.15, -0.1) is 0 Å². The number of aromatic nitrogens is 2. The minimum absolute atomic E-state index is 0.0126. The number of nitrogens with one attached hydrogen (secondary N) is 2. The van der Waals surface area contributed by atoms with E-state index in [0.29, 0.717) is 19.5 Å². The second-order valence-electron chi connectivity index (χ2n) is 7.60. The number of carbonyl (C=O) groups excluding carboxylic acids is 1. The van der Waals surface area contributed by atoms with Crippen LogP contribution in [0.5, 0.6) is 0 Å². The molecule has 0 saturated carbocycles. The van der Waals surface area contributed by atoms with Crippen molar-refractivity contribution in [3.63, 3.8) is 0 Å². The Kier molecular flexibility index (Phi) is 7.94. The van der Waals surface area contributed by atoms with Crippen LogP contribution < -0.4 is 27.2 Å². The summed E-state index contributed by atoms with van der Waals surface area (Å²) >= 11 is 0. The first-order chi connectivity index (χ1) is 14.6. The van der Waals surface area contributed by atoms with Gasteiger partial charge in [0.15, 0.2) is 0 Å². The summed E-state index contributed by atoms with van der Waals surface area (Å²) in [4.78, 5) is 51.8. The van der Waals surface area contributed by atoms with E-state index >= 15 is 0 Å². The van der Waals surface area contributed by atoms with Gasteiger partial charge in [0.25, 0.3) is 11.2 Å². The average molecular weight is 432 g/mol. The molecule has 2 aromatic rings. The molecule has 0 aliphatic rings. The average Bonchev–Trinajstić information content (AvgIpc) is 2.67. The molecule has 4 N–H and O–H groups in total. The molecule has 0 spiro atoms. The molecule has 0 radical (unpaired) electrons. The van der Waals surface area contributed by atoms with E-state index in [-0.39, 0.29) is 35.3 Å². The first-order valence-corrected chi connectivity index (χ1v) is 10.1. The van der Waals surface area contributed by atoms with E-state index in [1.807, 2.05) is 20.8 Å². The zero-order chi connectivity index (χ0) is 23.1. The summed E-state index contributed by atoms with van der Waals surface area (Å²) in [5.41, 5.74) is 4.73. The molecule has 1 aromatic heterocycles. The number of rotatable bonds is 10. The summed E-state index contributed by atoms with van der Waals surface area (Å²) in [6, 6.07) is 5.78. The maximum absolute atomic E-state index is 12.7. The molecule has 0 fully saturated rings. The fourth-order valence-electron chi connectivity index (χ4n) is 3.20. The molecule has 11 nitrogen and oxygen atoms in total. The summed E-state index contributed by atoms with van der Waals surface area (Å²) in [7, 11) is 0. The molecule has 0 atom stereocenters. The first kappa shape index (κ1) is 23.6. The summed E-state index contributed by atoms with van der Waals surface area (Å²) in [6.07, 6.45) is 1.52. The third-order valence-corrected chi connectivity index (χ3v) is 4.56. The van der Waals surface area contributed by atoms with Crippen LogP contribution >= 0.6 is 0 Å². The van der Waals surface area contributed by atoms with Crippen LogP contribution in [0.15, 0.2) is 33.9 Å². The number of nitro benzene ring substituents is 1. The van der Waals surface area contributed by atoms with Crippen molar-refractivity contribution in [2.75, 3.05) is 29.0 Å². The van der Waals surface area contributed by atoms with Gasteiger partial charge in [-0.2, -0.15) is 0 Å². The maximum atomic E-state index is 12.7. The highest BCUT2D eigenvalue weighted by atomic mass is 16.6. The molecule has 2 rings (SSSR count). The van der Waals surface area contributed by atoms with Gasteiger partial charge in [0.05, 0.1) is 11.5 Å². The fourth-order valence-corrected chi connectivity index (χ4v) is 3.20. The van der Waals surface area contributed by atoms with Crippen LogP contribution in [0.1, 0.15) is 33.6 Å². The Morgan fingerprint density at radius 2 is 2.00 bits per heavy atom. The van der Waals surface area contributed by atoms with Crippen molar-refractivity contribution in [2.45, 2.75) is 40.2 Å². The van der Waals surface area contributed by atoms with Gasteiger partial charge in [0.2, 0.25) is 5.91 Å². The van der Waals surface area contributed by atoms with E-state index < -0.39 is 22.1 Å². The van der Waals surface area contributed by atoms with Crippen LogP contribution in [0, 0.1) is 16.0 Å². The van der Waals surface area contributed by atoms with E-state index in [9.17, 15) is 24.5 Å². The van der Waals surface area contributed by atoms with Crippen molar-refractivity contribution in [2.24, 2.45) is 5.92 Å². The molecular formula is C20H28N6O5. The number of hydrogen-bond acceptors (Lipinski definition) is 7. The highest BCUT2D eigenvalue weighted by Gasteiger charge is 2.23. The Morgan fingerprint density at radius 1 is 1.32 bits per heavy atom. The lowest BCUT2D eigenvalue weighted by Gasteiger charge is -2.27. The maximum Gasteiger partial charge on any atom is 0.330 e. The number of unbranched alkanes of at least 4 members (excludes halogenated alkanes) is 1. The summed E-state index contributed by atoms with van der Waals surface area (Å²) < 4.78 is 1.29. The number of nitrogen functional groups attached to an aromatic ring is 1. The number of carbonyl (C=O) groups is 1. The highest BCUT2D eigenvalue weighted by molar-refractivity contribution is 5.96. The molecular weight excluding hydrogens is 404 g/mol.